The van der Waals surface area contributed by atoms with Crippen molar-refractivity contribution < 1.29 is 66.9 Å². The Bertz CT molecular complexity index is 1550. The van der Waals surface area contributed by atoms with Gasteiger partial charge in [0, 0.05) is 38.6 Å². The van der Waals surface area contributed by atoms with Crippen LogP contribution in [0.25, 0.3) is 0 Å². The largest absolute Gasteiger partial charge is 0.542 e. The molecule has 0 spiro atoms. The van der Waals surface area contributed by atoms with E-state index in [0.717, 1.165) is 23.7 Å². The molecule has 0 aromatic rings. The van der Waals surface area contributed by atoms with Gasteiger partial charge in [-0.3, -0.25) is 9.59 Å². The molecule has 17 heteroatoms. The molecule has 4 aliphatic rings. The van der Waals surface area contributed by atoms with Crippen molar-refractivity contribution in [2.45, 2.75) is 151 Å². The zero-order chi connectivity index (χ0) is 46.4. The number of allylic oxidation sites excluding steroid dienone is 3. The third kappa shape index (κ3) is 14.6. The van der Waals surface area contributed by atoms with Crippen molar-refractivity contribution in [3.05, 3.63) is 48.0 Å². The average molecular weight is 1020 g/mol. The van der Waals surface area contributed by atoms with Crippen LogP contribution in [0.2, 0.25) is 18.1 Å². The first-order valence-corrected chi connectivity index (χ1v) is 26.4. The second-order valence-electron chi connectivity index (χ2n) is 17.6. The molecular weight excluding hydrogens is 945 g/mol. The molecule has 15 nitrogen and oxygen atoms in total. The molecule has 4 rings (SSSR count). The summed E-state index contributed by atoms with van der Waals surface area (Å²) in [7, 11) is 4.70. The number of esters is 1. The first-order chi connectivity index (χ1) is 30.0. The Balaban J connectivity index is 1.67. The van der Waals surface area contributed by atoms with Crippen LogP contribution in [0, 0.1) is 23.7 Å². The Hall–Kier alpha value is -1.75. The van der Waals surface area contributed by atoms with Crippen LogP contribution >= 0.6 is 22.6 Å². The molecule has 1 saturated heterocycles. The van der Waals surface area contributed by atoms with Gasteiger partial charge in [-0.2, -0.15) is 0 Å². The van der Waals surface area contributed by atoms with E-state index >= 15 is 0 Å². The number of rotatable bonds is 13. The number of hydrogen-bond acceptors (Lipinski definition) is 15. The van der Waals surface area contributed by atoms with Crippen LogP contribution in [0.3, 0.4) is 0 Å². The molecule has 1 fully saturated rings. The zero-order valence-electron chi connectivity index (χ0n) is 39.3. The number of halogens is 1. The fourth-order valence-electron chi connectivity index (χ4n) is 8.95. The van der Waals surface area contributed by atoms with E-state index in [1.54, 1.807) is 58.6 Å². The summed E-state index contributed by atoms with van der Waals surface area (Å²) in [5.41, 5.74) is 0.775. The maximum Gasteiger partial charge on any atom is 0.309 e. The SMILES string of the molecule is CC[Si](CC)(CC)OC1=CO[C@@H](OC[C@H]2/C=C(C)/C=C/C(=O)[C@H](C)C[C@@H]3CCOC/C=C/CO[C@H](CC(=O)O[C@@H]2I)[C@H](C)[C@H]3O[C@@H]2OC(C)[C@@H](O)C(N(C)C)C2O)C(OC)C1OC. The number of carbonyl (C=O) groups excluding carboxylic acids is 2. The summed E-state index contributed by atoms with van der Waals surface area (Å²) >= 11 is 2.11. The van der Waals surface area contributed by atoms with Gasteiger partial charge in [0.1, 0.15) is 24.2 Å². The first-order valence-electron chi connectivity index (χ1n) is 22.7. The second-order valence-corrected chi connectivity index (χ2v) is 23.5. The van der Waals surface area contributed by atoms with Crippen molar-refractivity contribution in [3.8, 4) is 0 Å². The summed E-state index contributed by atoms with van der Waals surface area (Å²) in [5, 5.41) is 22.6. The van der Waals surface area contributed by atoms with Crippen molar-refractivity contribution in [2.24, 2.45) is 23.7 Å². The highest BCUT2D eigenvalue weighted by molar-refractivity contribution is 14.1. The number of cyclic esters (lactones) is 1. The Kier molecular flexibility index (Phi) is 22.2. The quantitative estimate of drug-likeness (QED) is 0.0716. The van der Waals surface area contributed by atoms with Gasteiger partial charge in [-0.1, -0.05) is 64.5 Å². The van der Waals surface area contributed by atoms with Crippen LogP contribution in [0.4, 0.5) is 0 Å². The standard InChI is InChI=1S/C46H76INO14Si/c1-12-63(13-2,14-3)62-36-27-58-46(43(54-11)42(36)53-10)57-26-33-23-28(4)17-18-34(49)29(5)24-32-19-22-55-20-15-16-21-56-35(25-37(50)60-44(33)47)30(6)41(32)61-45-40(52)38(48(8)9)39(51)31(7)59-45/h15-18,23,27,29-33,35,38-46,51-52H,12-14,19-22,24-26H2,1-11H3/b16-15+,18-17+,28-23+/t29-,30+,31?,32+,33-,35-,38?,39-,40?,41-,42?,43?,44+,45+,46-/m1/s1. The maximum absolute atomic E-state index is 14.1. The summed E-state index contributed by atoms with van der Waals surface area (Å²) in [4.78, 5) is 29.7. The Morgan fingerprint density at radius 3 is 2.29 bits per heavy atom. The van der Waals surface area contributed by atoms with Crippen LogP contribution in [0.5, 0.6) is 0 Å². The third-order valence-corrected chi connectivity index (χ3v) is 18.9. The lowest BCUT2D eigenvalue weighted by molar-refractivity contribution is -0.305. The van der Waals surface area contributed by atoms with Gasteiger partial charge < -0.3 is 62.2 Å². The number of fused-ring (bicyclic) bond motifs is 3. The number of likely N-dealkylation sites (N-methyl/N-ethyl adjacent to an activating group) is 1. The van der Waals surface area contributed by atoms with Gasteiger partial charge in [0.25, 0.3) is 0 Å². The molecule has 0 saturated carbocycles. The fourth-order valence-corrected chi connectivity index (χ4v) is 12.3. The van der Waals surface area contributed by atoms with E-state index in [1.807, 2.05) is 39.0 Å². The van der Waals surface area contributed by atoms with Gasteiger partial charge in [0.05, 0.1) is 56.7 Å². The Morgan fingerprint density at radius 2 is 1.63 bits per heavy atom. The molecule has 4 heterocycles. The Labute approximate surface area is 390 Å². The molecule has 2 N–H and O–H groups in total. The molecule has 15 atom stereocenters. The van der Waals surface area contributed by atoms with Crippen molar-refractivity contribution in [3.63, 3.8) is 0 Å². The molecule has 4 aliphatic heterocycles. The minimum atomic E-state index is -2.06. The van der Waals surface area contributed by atoms with Gasteiger partial charge in [-0.15, -0.1) is 0 Å². The van der Waals surface area contributed by atoms with Crippen molar-refractivity contribution in [1.82, 2.24) is 4.90 Å². The zero-order valence-corrected chi connectivity index (χ0v) is 42.5. The van der Waals surface area contributed by atoms with E-state index in [4.69, 9.17) is 47.1 Å². The normalized spacial score (nSPS) is 38.9. The third-order valence-electron chi connectivity index (χ3n) is 13.2. The fraction of sp³-hybridized carbons (Fsp3) is 0.783. The van der Waals surface area contributed by atoms with Crippen LogP contribution in [-0.2, 0) is 56.6 Å². The van der Waals surface area contributed by atoms with E-state index in [0.29, 0.717) is 31.8 Å². The van der Waals surface area contributed by atoms with E-state index in [1.165, 1.54) is 0 Å². The number of ether oxygens (including phenoxy) is 9. The summed E-state index contributed by atoms with van der Waals surface area (Å²) in [6, 6.07) is 2.18. The average Bonchev–Trinajstić information content (AvgIpc) is 3.25. The van der Waals surface area contributed by atoms with Crippen LogP contribution < -0.4 is 0 Å². The summed E-state index contributed by atoms with van der Waals surface area (Å²) in [6.45, 7) is 15.0. The molecule has 0 radical (unpaired) electrons. The Morgan fingerprint density at radius 1 is 0.937 bits per heavy atom. The smallest absolute Gasteiger partial charge is 0.309 e. The number of methoxy groups -OCH3 is 2. The molecule has 0 aliphatic carbocycles. The molecule has 63 heavy (non-hydrogen) atoms. The second kappa shape index (κ2) is 26.0. The highest BCUT2D eigenvalue weighted by Gasteiger charge is 2.48. The summed E-state index contributed by atoms with van der Waals surface area (Å²) in [5.74, 6) is -1.60. The van der Waals surface area contributed by atoms with E-state index in [9.17, 15) is 19.8 Å². The monoisotopic (exact) mass is 1020 g/mol. The van der Waals surface area contributed by atoms with Crippen LogP contribution in [0.15, 0.2) is 48.0 Å². The lowest BCUT2D eigenvalue weighted by Crippen LogP contribution is -2.63. The topological polar surface area (TPSA) is 170 Å². The highest BCUT2D eigenvalue weighted by atomic mass is 127. The number of alkyl halides is 1. The van der Waals surface area contributed by atoms with Gasteiger partial charge in [0.15, 0.2) is 22.3 Å². The predicted molar refractivity (Wildman–Crippen MR) is 248 cm³/mol. The lowest BCUT2D eigenvalue weighted by Gasteiger charge is -2.47. The van der Waals surface area contributed by atoms with Crippen molar-refractivity contribution in [2.75, 3.05) is 54.7 Å². The number of carbonyl (C=O) groups is 2. The predicted octanol–water partition coefficient (Wildman–Crippen LogP) is 6.07. The first kappa shape index (κ1) is 53.9. The number of ketones is 1. The van der Waals surface area contributed by atoms with Crippen molar-refractivity contribution in [1.29, 1.82) is 0 Å². The minimum absolute atomic E-state index is 0.0668. The summed E-state index contributed by atoms with van der Waals surface area (Å²) in [6.07, 6.45) is 4.08. The van der Waals surface area contributed by atoms with E-state index < -0.39 is 97.5 Å². The molecule has 0 aromatic carbocycles. The molecule has 0 aromatic heterocycles. The maximum atomic E-state index is 14.1. The molecular formula is C46H76INO14Si. The molecule has 5 unspecified atom stereocenters. The van der Waals surface area contributed by atoms with E-state index in [-0.39, 0.29) is 31.3 Å². The van der Waals surface area contributed by atoms with Crippen molar-refractivity contribution >= 4 is 42.7 Å². The lowest BCUT2D eigenvalue weighted by atomic mass is 9.79. The number of hydrogen-bond donors (Lipinski definition) is 2. The molecule has 360 valence electrons. The summed E-state index contributed by atoms with van der Waals surface area (Å²) < 4.78 is 61.9. The molecule has 0 amide bonds. The number of aliphatic hydroxyl groups excluding tert-OH is 2. The van der Waals surface area contributed by atoms with Gasteiger partial charge in [-0.05, 0) is 93.5 Å². The highest BCUT2D eigenvalue weighted by Crippen LogP contribution is 2.37. The number of nitrogens with zero attached hydrogens (tertiary/aromatic N) is 1. The van der Waals surface area contributed by atoms with Crippen LogP contribution in [-0.4, -0.2) is 155 Å². The van der Waals surface area contributed by atoms with Gasteiger partial charge in [-0.25, -0.2) is 0 Å². The van der Waals surface area contributed by atoms with Gasteiger partial charge in [0.2, 0.25) is 14.6 Å². The van der Waals surface area contributed by atoms with E-state index in [2.05, 4.69) is 43.4 Å². The van der Waals surface area contributed by atoms with Gasteiger partial charge >= 0.3 is 5.97 Å². The molecule has 2 bridgehead atoms. The minimum Gasteiger partial charge on any atom is -0.542 e. The van der Waals surface area contributed by atoms with Crippen LogP contribution in [0.1, 0.15) is 67.7 Å². The number of aliphatic hydroxyl groups is 2.